The lowest BCUT2D eigenvalue weighted by molar-refractivity contribution is -0.134. The second-order valence-corrected chi connectivity index (χ2v) is 5.54. The van der Waals surface area contributed by atoms with Crippen LogP contribution in [-0.4, -0.2) is 18.4 Å². The van der Waals surface area contributed by atoms with Crippen LogP contribution in [0, 0.1) is 12.3 Å². The molecule has 0 saturated heterocycles. The zero-order valence-corrected chi connectivity index (χ0v) is 11.9. The zero-order valence-electron chi connectivity index (χ0n) is 11.9. The minimum atomic E-state index is -0.444. The Morgan fingerprint density at radius 2 is 1.74 bits per heavy atom. The first-order valence-electron chi connectivity index (χ1n) is 6.34. The van der Waals surface area contributed by atoms with Crippen molar-refractivity contribution in [1.29, 1.82) is 0 Å². The maximum Gasteiger partial charge on any atom is 0.312 e. The SMILES string of the molecule is Cc1ccc(OC(=O)CCNC(=O)C(C)(C)C)cc1. The summed E-state index contributed by atoms with van der Waals surface area (Å²) in [5, 5.41) is 2.71. The van der Waals surface area contributed by atoms with E-state index in [0.717, 1.165) is 5.56 Å². The second kappa shape index (κ2) is 6.36. The molecule has 1 rings (SSSR count). The van der Waals surface area contributed by atoms with Crippen LogP contribution in [0.5, 0.6) is 5.75 Å². The van der Waals surface area contributed by atoms with Gasteiger partial charge in [0.2, 0.25) is 5.91 Å². The molecule has 0 fully saturated rings. The number of amides is 1. The van der Waals surface area contributed by atoms with E-state index in [1.165, 1.54) is 0 Å². The molecule has 0 aliphatic rings. The van der Waals surface area contributed by atoms with Crippen LogP contribution in [0.25, 0.3) is 0 Å². The summed E-state index contributed by atoms with van der Waals surface area (Å²) in [5.74, 6) is 0.103. The molecule has 0 atom stereocenters. The minimum absolute atomic E-state index is 0.0735. The number of carbonyl (C=O) groups excluding carboxylic acids is 2. The summed E-state index contributed by atoms with van der Waals surface area (Å²) in [7, 11) is 0. The van der Waals surface area contributed by atoms with Crippen molar-refractivity contribution < 1.29 is 14.3 Å². The molecule has 1 amide bonds. The molecule has 0 heterocycles. The molecule has 0 radical (unpaired) electrons. The number of hydrogen-bond donors (Lipinski definition) is 1. The monoisotopic (exact) mass is 263 g/mol. The minimum Gasteiger partial charge on any atom is -0.426 e. The molecule has 0 spiro atoms. The molecule has 4 heteroatoms. The fourth-order valence-corrected chi connectivity index (χ4v) is 1.33. The highest BCUT2D eigenvalue weighted by Gasteiger charge is 2.20. The van der Waals surface area contributed by atoms with E-state index < -0.39 is 5.41 Å². The van der Waals surface area contributed by atoms with E-state index in [1.54, 1.807) is 12.1 Å². The van der Waals surface area contributed by atoms with Gasteiger partial charge in [0.25, 0.3) is 0 Å². The first kappa shape index (κ1) is 15.2. The Bertz CT molecular complexity index is 443. The van der Waals surface area contributed by atoms with Crippen LogP contribution in [0.1, 0.15) is 32.8 Å². The summed E-state index contributed by atoms with van der Waals surface area (Å²) >= 11 is 0. The number of rotatable bonds is 4. The molecule has 1 aromatic rings. The standard InChI is InChI=1S/C15H21NO3/c1-11-5-7-12(8-6-11)19-13(17)9-10-16-14(18)15(2,3)4/h5-8H,9-10H2,1-4H3,(H,16,18). The van der Waals surface area contributed by atoms with Gasteiger partial charge in [0.15, 0.2) is 0 Å². The number of aryl methyl sites for hydroxylation is 1. The summed E-state index contributed by atoms with van der Waals surface area (Å²) in [6.45, 7) is 7.74. The molecule has 0 aromatic heterocycles. The van der Waals surface area contributed by atoms with Gasteiger partial charge in [0, 0.05) is 12.0 Å². The van der Waals surface area contributed by atoms with Gasteiger partial charge >= 0.3 is 5.97 Å². The van der Waals surface area contributed by atoms with Crippen molar-refractivity contribution >= 4 is 11.9 Å². The molecule has 104 valence electrons. The summed E-state index contributed by atoms with van der Waals surface area (Å²) < 4.78 is 5.15. The van der Waals surface area contributed by atoms with Crippen molar-refractivity contribution in [3.05, 3.63) is 29.8 Å². The summed E-state index contributed by atoms with van der Waals surface area (Å²) in [4.78, 5) is 23.1. The largest absolute Gasteiger partial charge is 0.426 e. The van der Waals surface area contributed by atoms with Crippen LogP contribution < -0.4 is 10.1 Å². The Labute approximate surface area is 114 Å². The van der Waals surface area contributed by atoms with Gasteiger partial charge in [-0.05, 0) is 19.1 Å². The van der Waals surface area contributed by atoms with Crippen LogP contribution in [0.4, 0.5) is 0 Å². The molecule has 4 nitrogen and oxygen atoms in total. The van der Waals surface area contributed by atoms with E-state index in [2.05, 4.69) is 5.32 Å². The van der Waals surface area contributed by atoms with Crippen molar-refractivity contribution in [3.63, 3.8) is 0 Å². The first-order valence-corrected chi connectivity index (χ1v) is 6.34. The van der Waals surface area contributed by atoms with Gasteiger partial charge in [0.05, 0.1) is 6.42 Å². The average molecular weight is 263 g/mol. The van der Waals surface area contributed by atoms with E-state index in [0.29, 0.717) is 12.3 Å². The number of esters is 1. The van der Waals surface area contributed by atoms with E-state index in [-0.39, 0.29) is 18.3 Å². The zero-order chi connectivity index (χ0) is 14.5. The molecule has 0 aliphatic carbocycles. The Balaban J connectivity index is 2.33. The Morgan fingerprint density at radius 1 is 1.16 bits per heavy atom. The van der Waals surface area contributed by atoms with Gasteiger partial charge in [-0.25, -0.2) is 0 Å². The molecule has 0 bridgehead atoms. The van der Waals surface area contributed by atoms with Gasteiger partial charge in [0.1, 0.15) is 5.75 Å². The van der Waals surface area contributed by atoms with Crippen LogP contribution in [-0.2, 0) is 9.59 Å². The van der Waals surface area contributed by atoms with E-state index in [4.69, 9.17) is 4.74 Å². The highest BCUT2D eigenvalue weighted by Crippen LogP contribution is 2.13. The quantitative estimate of drug-likeness (QED) is 0.670. The molecular formula is C15H21NO3. The highest BCUT2D eigenvalue weighted by atomic mass is 16.5. The van der Waals surface area contributed by atoms with E-state index in [1.807, 2.05) is 39.8 Å². The van der Waals surface area contributed by atoms with Gasteiger partial charge in [-0.15, -0.1) is 0 Å². The van der Waals surface area contributed by atoms with Crippen molar-refractivity contribution in [2.45, 2.75) is 34.1 Å². The normalized spacial score (nSPS) is 10.9. The van der Waals surface area contributed by atoms with Gasteiger partial charge in [-0.1, -0.05) is 38.5 Å². The second-order valence-electron chi connectivity index (χ2n) is 5.54. The van der Waals surface area contributed by atoms with Gasteiger partial charge in [-0.2, -0.15) is 0 Å². The molecule has 0 aliphatic heterocycles. The molecule has 0 unspecified atom stereocenters. The predicted octanol–water partition coefficient (Wildman–Crippen LogP) is 2.45. The van der Waals surface area contributed by atoms with Crippen LogP contribution in [0.2, 0.25) is 0 Å². The van der Waals surface area contributed by atoms with Crippen LogP contribution >= 0.6 is 0 Å². The maximum atomic E-state index is 11.6. The lowest BCUT2D eigenvalue weighted by Crippen LogP contribution is -2.36. The summed E-state index contributed by atoms with van der Waals surface area (Å²) in [6.07, 6.45) is 0.162. The molecular weight excluding hydrogens is 242 g/mol. The van der Waals surface area contributed by atoms with Gasteiger partial charge in [-0.3, -0.25) is 9.59 Å². The van der Waals surface area contributed by atoms with E-state index in [9.17, 15) is 9.59 Å². The number of hydrogen-bond acceptors (Lipinski definition) is 3. The Morgan fingerprint density at radius 3 is 2.26 bits per heavy atom. The lowest BCUT2D eigenvalue weighted by Gasteiger charge is -2.17. The Kier molecular flexibility index (Phi) is 5.10. The molecule has 0 saturated carbocycles. The van der Waals surface area contributed by atoms with E-state index >= 15 is 0 Å². The van der Waals surface area contributed by atoms with Crippen molar-refractivity contribution in [2.24, 2.45) is 5.41 Å². The molecule has 1 aromatic carbocycles. The number of benzene rings is 1. The summed E-state index contributed by atoms with van der Waals surface area (Å²) in [6, 6.07) is 7.26. The average Bonchev–Trinajstić information content (AvgIpc) is 2.31. The smallest absolute Gasteiger partial charge is 0.312 e. The fourth-order valence-electron chi connectivity index (χ4n) is 1.33. The Hall–Kier alpha value is -1.84. The van der Waals surface area contributed by atoms with Crippen LogP contribution in [0.15, 0.2) is 24.3 Å². The van der Waals surface area contributed by atoms with Crippen molar-refractivity contribution in [3.8, 4) is 5.75 Å². The van der Waals surface area contributed by atoms with Crippen LogP contribution in [0.3, 0.4) is 0 Å². The molecule has 19 heavy (non-hydrogen) atoms. The number of ether oxygens (including phenoxy) is 1. The first-order chi connectivity index (χ1) is 8.79. The predicted molar refractivity (Wildman–Crippen MR) is 73.9 cm³/mol. The topological polar surface area (TPSA) is 55.4 Å². The third-order valence-corrected chi connectivity index (χ3v) is 2.55. The fraction of sp³-hybridized carbons (Fsp3) is 0.467. The third kappa shape index (κ3) is 5.55. The summed E-state index contributed by atoms with van der Waals surface area (Å²) in [5.41, 5.74) is 0.665. The van der Waals surface area contributed by atoms with Crippen molar-refractivity contribution in [2.75, 3.05) is 6.54 Å². The lowest BCUT2D eigenvalue weighted by atomic mass is 9.96. The molecule has 1 N–H and O–H groups in total. The van der Waals surface area contributed by atoms with Crippen molar-refractivity contribution in [1.82, 2.24) is 5.32 Å². The highest BCUT2D eigenvalue weighted by molar-refractivity contribution is 5.82. The van der Waals surface area contributed by atoms with Gasteiger partial charge < -0.3 is 10.1 Å². The number of carbonyl (C=O) groups is 2. The number of nitrogens with one attached hydrogen (secondary N) is 1. The maximum absolute atomic E-state index is 11.6. The third-order valence-electron chi connectivity index (χ3n) is 2.55.